The summed E-state index contributed by atoms with van der Waals surface area (Å²) < 4.78 is 6.35. The van der Waals surface area contributed by atoms with Gasteiger partial charge in [0.1, 0.15) is 17.6 Å². The van der Waals surface area contributed by atoms with Gasteiger partial charge in [0.05, 0.1) is 28.3 Å². The van der Waals surface area contributed by atoms with E-state index in [2.05, 4.69) is 16.0 Å². The molecule has 156 valence electrons. The van der Waals surface area contributed by atoms with Crippen molar-refractivity contribution >= 4 is 23.1 Å². The van der Waals surface area contributed by atoms with Crippen LogP contribution in [0.25, 0.3) is 10.6 Å². The van der Waals surface area contributed by atoms with Gasteiger partial charge in [0.2, 0.25) is 0 Å². The van der Waals surface area contributed by atoms with E-state index < -0.39 is 0 Å². The van der Waals surface area contributed by atoms with Crippen LogP contribution in [0.1, 0.15) is 39.3 Å². The molecule has 0 aromatic carbocycles. The molecule has 2 aliphatic heterocycles. The van der Waals surface area contributed by atoms with E-state index in [1.165, 1.54) is 16.6 Å². The van der Waals surface area contributed by atoms with Crippen LogP contribution in [0.4, 0.5) is 5.82 Å². The topological polar surface area (TPSA) is 105 Å². The van der Waals surface area contributed by atoms with Crippen molar-refractivity contribution in [2.24, 2.45) is 0 Å². The van der Waals surface area contributed by atoms with Crippen molar-refractivity contribution in [2.45, 2.75) is 24.9 Å². The number of thiophene rings is 1. The number of nitriles is 1. The van der Waals surface area contributed by atoms with E-state index in [4.69, 9.17) is 15.7 Å². The van der Waals surface area contributed by atoms with E-state index in [1.807, 2.05) is 23.1 Å². The molecule has 5 rings (SSSR count). The normalized spacial score (nSPS) is 17.2. The van der Waals surface area contributed by atoms with Crippen LogP contribution in [0.15, 0.2) is 42.6 Å². The fraction of sp³-hybridized carbons (Fsp3) is 0.304. The summed E-state index contributed by atoms with van der Waals surface area (Å²) in [5, 5.41) is 8.89. The minimum Gasteiger partial charge on any atom is -0.384 e. The van der Waals surface area contributed by atoms with Crippen molar-refractivity contribution < 1.29 is 9.53 Å². The number of piperidine rings is 1. The summed E-state index contributed by atoms with van der Waals surface area (Å²) in [6.07, 6.45) is 3.86. The zero-order chi connectivity index (χ0) is 21.4. The van der Waals surface area contributed by atoms with E-state index in [1.54, 1.807) is 29.5 Å². The van der Waals surface area contributed by atoms with Crippen molar-refractivity contribution in [1.82, 2.24) is 14.9 Å². The molecule has 8 heteroatoms. The number of rotatable bonds is 2. The molecular weight excluding hydrogens is 410 g/mol. The maximum absolute atomic E-state index is 12.9. The van der Waals surface area contributed by atoms with Gasteiger partial charge in [-0.15, -0.1) is 11.3 Å². The fourth-order valence-electron chi connectivity index (χ4n) is 4.39. The molecule has 0 unspecified atom stereocenters. The van der Waals surface area contributed by atoms with Gasteiger partial charge in [-0.05, 0) is 48.7 Å². The van der Waals surface area contributed by atoms with Crippen LogP contribution in [0.2, 0.25) is 0 Å². The monoisotopic (exact) mass is 431 g/mol. The number of pyridine rings is 2. The largest absolute Gasteiger partial charge is 0.384 e. The standard InChI is InChI=1S/C23H21N5O2S/c24-13-16-5-4-15(14-26-16)22(29)28-9-7-23(8-10-28)17-12-20(31-19(17)6-11-30-23)18-2-1-3-21(25)27-18/h1-5,12,14H,6-11H2,(H2,25,27). The van der Waals surface area contributed by atoms with Crippen LogP contribution >= 0.6 is 11.3 Å². The second-order valence-electron chi connectivity index (χ2n) is 7.82. The average molecular weight is 432 g/mol. The predicted molar refractivity (Wildman–Crippen MR) is 117 cm³/mol. The summed E-state index contributed by atoms with van der Waals surface area (Å²) in [7, 11) is 0. The molecule has 3 aromatic heterocycles. The lowest BCUT2D eigenvalue weighted by molar-refractivity contribution is -0.0926. The first-order valence-electron chi connectivity index (χ1n) is 10.2. The molecule has 7 nitrogen and oxygen atoms in total. The maximum Gasteiger partial charge on any atom is 0.255 e. The third kappa shape index (κ3) is 3.56. The van der Waals surface area contributed by atoms with Crippen molar-refractivity contribution in [3.05, 3.63) is 64.3 Å². The lowest BCUT2D eigenvalue weighted by Crippen LogP contribution is -2.48. The number of ether oxygens (including phenoxy) is 1. The number of nitrogen functional groups attached to an aromatic ring is 1. The van der Waals surface area contributed by atoms with Crippen LogP contribution in [0.5, 0.6) is 0 Å². The van der Waals surface area contributed by atoms with Crippen LogP contribution in [0, 0.1) is 11.3 Å². The van der Waals surface area contributed by atoms with Gasteiger partial charge in [-0.3, -0.25) is 4.79 Å². The van der Waals surface area contributed by atoms with Gasteiger partial charge in [0.15, 0.2) is 0 Å². The van der Waals surface area contributed by atoms with Gasteiger partial charge < -0.3 is 15.4 Å². The summed E-state index contributed by atoms with van der Waals surface area (Å²) >= 11 is 1.76. The molecule has 0 atom stereocenters. The van der Waals surface area contributed by atoms with Gasteiger partial charge in [-0.1, -0.05) is 6.07 Å². The molecule has 0 aliphatic carbocycles. The number of carbonyl (C=O) groups excluding carboxylic acids is 1. The summed E-state index contributed by atoms with van der Waals surface area (Å²) in [5.41, 5.74) is 8.44. The van der Waals surface area contributed by atoms with Gasteiger partial charge in [0.25, 0.3) is 5.91 Å². The van der Waals surface area contributed by atoms with Gasteiger partial charge in [0, 0.05) is 30.6 Å². The molecule has 1 amide bonds. The van der Waals surface area contributed by atoms with Gasteiger partial charge in [-0.25, -0.2) is 9.97 Å². The Hall–Kier alpha value is -3.28. The molecule has 0 radical (unpaired) electrons. The highest BCUT2D eigenvalue weighted by Gasteiger charge is 2.43. The summed E-state index contributed by atoms with van der Waals surface area (Å²) in [6.45, 7) is 1.91. The lowest BCUT2D eigenvalue weighted by atomic mass is 9.82. The zero-order valence-corrected chi connectivity index (χ0v) is 17.7. The fourth-order valence-corrected chi connectivity index (χ4v) is 5.59. The Morgan fingerprint density at radius 1 is 1.26 bits per heavy atom. The number of anilines is 1. The molecule has 0 bridgehead atoms. The Bertz CT molecular complexity index is 1170. The molecule has 1 spiro atoms. The summed E-state index contributed by atoms with van der Waals surface area (Å²) in [5.74, 6) is 0.455. The third-order valence-electron chi connectivity index (χ3n) is 6.01. The highest BCUT2D eigenvalue weighted by molar-refractivity contribution is 7.15. The highest BCUT2D eigenvalue weighted by Crippen LogP contribution is 2.46. The van der Waals surface area contributed by atoms with Crippen molar-refractivity contribution in [3.63, 3.8) is 0 Å². The van der Waals surface area contributed by atoms with E-state index in [0.717, 1.165) is 29.8 Å². The second kappa shape index (κ2) is 7.76. The Labute approximate surface area is 184 Å². The van der Waals surface area contributed by atoms with Crippen LogP contribution < -0.4 is 5.73 Å². The Balaban J connectivity index is 1.36. The van der Waals surface area contributed by atoms with Gasteiger partial charge in [-0.2, -0.15) is 5.26 Å². The van der Waals surface area contributed by atoms with E-state index in [0.29, 0.717) is 36.8 Å². The maximum atomic E-state index is 12.9. The molecule has 5 heterocycles. The SMILES string of the molecule is N#Cc1ccc(C(=O)N2CCC3(CC2)OCCc2sc(-c4cccc(N)n4)cc23)cn1. The summed E-state index contributed by atoms with van der Waals surface area (Å²) in [6, 6.07) is 13.1. The number of nitrogens with zero attached hydrogens (tertiary/aromatic N) is 4. The number of hydrogen-bond donors (Lipinski definition) is 1. The number of hydrogen-bond acceptors (Lipinski definition) is 7. The number of carbonyl (C=O) groups is 1. The smallest absolute Gasteiger partial charge is 0.255 e. The third-order valence-corrected chi connectivity index (χ3v) is 7.23. The quantitative estimate of drug-likeness (QED) is 0.667. The molecule has 2 N–H and O–H groups in total. The van der Waals surface area contributed by atoms with Crippen LogP contribution in [-0.4, -0.2) is 40.5 Å². The number of fused-ring (bicyclic) bond motifs is 2. The summed E-state index contributed by atoms with van der Waals surface area (Å²) in [4.78, 5) is 25.7. The Morgan fingerprint density at radius 3 is 2.81 bits per heavy atom. The lowest BCUT2D eigenvalue weighted by Gasteiger charge is -2.44. The Morgan fingerprint density at radius 2 is 2.10 bits per heavy atom. The van der Waals surface area contributed by atoms with E-state index in [9.17, 15) is 4.79 Å². The van der Waals surface area contributed by atoms with Crippen molar-refractivity contribution in [2.75, 3.05) is 25.4 Å². The molecule has 1 saturated heterocycles. The van der Waals surface area contributed by atoms with Crippen molar-refractivity contribution in [1.29, 1.82) is 5.26 Å². The van der Waals surface area contributed by atoms with Crippen molar-refractivity contribution in [3.8, 4) is 16.6 Å². The van der Waals surface area contributed by atoms with E-state index >= 15 is 0 Å². The first-order chi connectivity index (χ1) is 15.1. The molecule has 3 aromatic rings. The number of likely N-dealkylation sites (tertiary alicyclic amines) is 1. The molecule has 2 aliphatic rings. The number of nitrogens with two attached hydrogens (primary N) is 1. The minimum absolute atomic E-state index is 0.0576. The number of amides is 1. The Kier molecular flexibility index (Phi) is 4.93. The minimum atomic E-state index is -0.359. The first kappa shape index (κ1) is 19.7. The second-order valence-corrected chi connectivity index (χ2v) is 8.96. The van der Waals surface area contributed by atoms with E-state index in [-0.39, 0.29) is 11.5 Å². The van der Waals surface area contributed by atoms with Crippen LogP contribution in [0.3, 0.4) is 0 Å². The highest BCUT2D eigenvalue weighted by atomic mass is 32.1. The first-order valence-corrected chi connectivity index (χ1v) is 11.1. The molecule has 31 heavy (non-hydrogen) atoms. The average Bonchev–Trinajstić information content (AvgIpc) is 3.26. The molecule has 1 fully saturated rings. The molecular formula is C23H21N5O2S. The molecule has 0 saturated carbocycles. The van der Waals surface area contributed by atoms with Gasteiger partial charge >= 0.3 is 0 Å². The number of aromatic nitrogens is 2. The predicted octanol–water partition coefficient (Wildman–Crippen LogP) is 3.36. The zero-order valence-electron chi connectivity index (χ0n) is 16.9. The van der Waals surface area contributed by atoms with Crippen LogP contribution in [-0.2, 0) is 16.8 Å².